The van der Waals surface area contributed by atoms with Crippen LogP contribution >= 0.6 is 15.9 Å². The molecule has 0 radical (unpaired) electrons. The number of carboxylic acid groups (broad SMARTS) is 1. The molecule has 0 spiro atoms. The number of aliphatic carboxylic acids is 1. The zero-order chi connectivity index (χ0) is 18.7. The number of urea groups is 1. The fraction of sp³-hybridized carbons (Fsp3) is 0.263. The van der Waals surface area contributed by atoms with Crippen LogP contribution in [-0.2, 0) is 11.3 Å². The van der Waals surface area contributed by atoms with E-state index in [9.17, 15) is 19.8 Å². The molecule has 2 aromatic carbocycles. The van der Waals surface area contributed by atoms with Crippen molar-refractivity contribution in [3.8, 4) is 5.75 Å². The number of benzene rings is 2. The summed E-state index contributed by atoms with van der Waals surface area (Å²) < 4.78 is 0.902. The summed E-state index contributed by atoms with van der Waals surface area (Å²) >= 11 is 3.37. The quantitative estimate of drug-likeness (QED) is 0.775. The molecule has 6 nitrogen and oxygen atoms in total. The van der Waals surface area contributed by atoms with Gasteiger partial charge in [0.15, 0.2) is 0 Å². The molecule has 1 atom stereocenters. The van der Waals surface area contributed by atoms with E-state index < -0.39 is 5.97 Å². The third-order valence-corrected chi connectivity index (χ3v) is 4.90. The van der Waals surface area contributed by atoms with Gasteiger partial charge in [-0.15, -0.1) is 0 Å². The van der Waals surface area contributed by atoms with Crippen LogP contribution in [0.2, 0.25) is 0 Å². The third-order valence-electron chi connectivity index (χ3n) is 4.38. The number of carbonyl (C=O) groups is 2. The van der Waals surface area contributed by atoms with Gasteiger partial charge in [0.25, 0.3) is 0 Å². The largest absolute Gasteiger partial charge is 0.508 e. The van der Waals surface area contributed by atoms with Gasteiger partial charge in [-0.1, -0.05) is 34.1 Å². The third kappa shape index (κ3) is 4.16. The van der Waals surface area contributed by atoms with Crippen LogP contribution in [0, 0.1) is 5.92 Å². The standard InChI is InChI=1S/C19H19BrN2O4/c20-15-5-7-16(8-6-15)22-11-13(9-18(24)25)10-21(19(22)26)12-14-3-1-2-4-17(14)23/h1-8,13,23H,9-12H2,(H,24,25). The van der Waals surface area contributed by atoms with Crippen LogP contribution in [-0.4, -0.2) is 40.2 Å². The normalized spacial score (nSPS) is 17.4. The predicted octanol–water partition coefficient (Wildman–Crippen LogP) is 3.69. The van der Waals surface area contributed by atoms with Gasteiger partial charge >= 0.3 is 12.0 Å². The van der Waals surface area contributed by atoms with E-state index in [4.69, 9.17) is 0 Å². The molecule has 2 amide bonds. The Morgan fingerprint density at radius 3 is 2.46 bits per heavy atom. The predicted molar refractivity (Wildman–Crippen MR) is 101 cm³/mol. The molecule has 0 aliphatic carbocycles. The number of aromatic hydroxyl groups is 1. The van der Waals surface area contributed by atoms with E-state index in [1.165, 1.54) is 0 Å². The Morgan fingerprint density at radius 2 is 1.81 bits per heavy atom. The Bertz CT molecular complexity index is 809. The van der Waals surface area contributed by atoms with E-state index in [1.807, 2.05) is 24.3 Å². The highest BCUT2D eigenvalue weighted by Crippen LogP contribution is 2.28. The molecule has 1 heterocycles. The second-order valence-corrected chi connectivity index (χ2v) is 7.26. The molecule has 1 saturated heterocycles. The number of phenols is 1. The Morgan fingerprint density at radius 1 is 1.12 bits per heavy atom. The Balaban J connectivity index is 1.87. The van der Waals surface area contributed by atoms with Gasteiger partial charge in [-0.3, -0.25) is 9.69 Å². The van der Waals surface area contributed by atoms with E-state index in [-0.39, 0.29) is 30.7 Å². The number of phenolic OH excluding ortho intramolecular Hbond substituents is 1. The maximum Gasteiger partial charge on any atom is 0.324 e. The Labute approximate surface area is 159 Å². The van der Waals surface area contributed by atoms with Gasteiger partial charge < -0.3 is 15.1 Å². The molecule has 1 fully saturated rings. The maximum atomic E-state index is 13.0. The number of halogens is 1. The molecular formula is C19H19BrN2O4. The molecule has 2 N–H and O–H groups in total. The van der Waals surface area contributed by atoms with Gasteiger partial charge in [0, 0.05) is 34.7 Å². The monoisotopic (exact) mass is 418 g/mol. The van der Waals surface area contributed by atoms with Gasteiger partial charge in [0.2, 0.25) is 0 Å². The lowest BCUT2D eigenvalue weighted by molar-refractivity contribution is -0.138. The van der Waals surface area contributed by atoms with Crippen molar-refractivity contribution >= 4 is 33.6 Å². The summed E-state index contributed by atoms with van der Waals surface area (Å²) in [7, 11) is 0. The van der Waals surface area contributed by atoms with E-state index in [0.29, 0.717) is 18.7 Å². The molecule has 3 rings (SSSR count). The van der Waals surface area contributed by atoms with Gasteiger partial charge in [0.1, 0.15) is 5.75 Å². The first-order chi connectivity index (χ1) is 12.4. The van der Waals surface area contributed by atoms with Crippen molar-refractivity contribution in [1.82, 2.24) is 4.90 Å². The highest BCUT2D eigenvalue weighted by Gasteiger charge is 2.34. The summed E-state index contributed by atoms with van der Waals surface area (Å²) in [5.74, 6) is -0.960. The first-order valence-corrected chi connectivity index (χ1v) is 9.04. The number of anilines is 1. The number of rotatable bonds is 5. The van der Waals surface area contributed by atoms with Crippen molar-refractivity contribution in [3.63, 3.8) is 0 Å². The van der Waals surface area contributed by atoms with Gasteiger partial charge in [-0.2, -0.15) is 0 Å². The van der Waals surface area contributed by atoms with Gasteiger partial charge in [-0.25, -0.2) is 4.79 Å². The van der Waals surface area contributed by atoms with Crippen LogP contribution < -0.4 is 4.90 Å². The van der Waals surface area contributed by atoms with Crippen molar-refractivity contribution in [2.45, 2.75) is 13.0 Å². The molecule has 2 aromatic rings. The summed E-state index contributed by atoms with van der Waals surface area (Å²) in [4.78, 5) is 27.3. The molecule has 1 aliphatic heterocycles. The second-order valence-electron chi connectivity index (χ2n) is 6.34. The molecule has 136 valence electrons. The first kappa shape index (κ1) is 18.3. The van der Waals surface area contributed by atoms with Gasteiger partial charge in [0.05, 0.1) is 13.0 Å². The lowest BCUT2D eigenvalue weighted by Crippen LogP contribution is -2.53. The zero-order valence-electron chi connectivity index (χ0n) is 14.0. The number of carboxylic acids is 1. The number of hydrogen-bond acceptors (Lipinski definition) is 3. The lowest BCUT2D eigenvalue weighted by atomic mass is 10.0. The average Bonchev–Trinajstić information content (AvgIpc) is 2.60. The van der Waals surface area contributed by atoms with Crippen LogP contribution in [0.4, 0.5) is 10.5 Å². The summed E-state index contributed by atoms with van der Waals surface area (Å²) in [5.41, 5.74) is 1.35. The Kier molecular flexibility index (Phi) is 5.46. The van der Waals surface area contributed by atoms with Crippen molar-refractivity contribution in [2.75, 3.05) is 18.0 Å². The van der Waals surface area contributed by atoms with Crippen molar-refractivity contribution in [3.05, 3.63) is 58.6 Å². The molecule has 0 aromatic heterocycles. The van der Waals surface area contributed by atoms with Crippen LogP contribution in [0.5, 0.6) is 5.75 Å². The minimum Gasteiger partial charge on any atom is -0.508 e. The minimum atomic E-state index is -0.886. The van der Waals surface area contributed by atoms with E-state index in [1.54, 1.807) is 34.1 Å². The molecule has 7 heteroatoms. The fourth-order valence-electron chi connectivity index (χ4n) is 3.15. The minimum absolute atomic E-state index is 0.0163. The molecule has 1 unspecified atom stereocenters. The number of para-hydroxylation sites is 1. The smallest absolute Gasteiger partial charge is 0.324 e. The number of nitrogens with zero attached hydrogens (tertiary/aromatic N) is 2. The summed E-state index contributed by atoms with van der Waals surface area (Å²) in [5, 5.41) is 19.2. The van der Waals surface area contributed by atoms with E-state index >= 15 is 0 Å². The number of amides is 2. The van der Waals surface area contributed by atoms with Crippen molar-refractivity contribution in [1.29, 1.82) is 0 Å². The fourth-order valence-corrected chi connectivity index (χ4v) is 3.41. The highest BCUT2D eigenvalue weighted by atomic mass is 79.9. The average molecular weight is 419 g/mol. The summed E-state index contributed by atoms with van der Waals surface area (Å²) in [6.07, 6.45) is -0.0163. The second kappa shape index (κ2) is 7.78. The maximum absolute atomic E-state index is 13.0. The molecule has 0 bridgehead atoms. The summed E-state index contributed by atoms with van der Waals surface area (Å²) in [6, 6.07) is 14.0. The number of hydrogen-bond donors (Lipinski definition) is 2. The lowest BCUT2D eigenvalue weighted by Gasteiger charge is -2.40. The SMILES string of the molecule is O=C(O)CC1CN(Cc2ccccc2O)C(=O)N(c2ccc(Br)cc2)C1. The van der Waals surface area contributed by atoms with Crippen LogP contribution in [0.3, 0.4) is 0 Å². The summed E-state index contributed by atoms with van der Waals surface area (Å²) in [6.45, 7) is 0.922. The van der Waals surface area contributed by atoms with E-state index in [0.717, 1.165) is 10.2 Å². The van der Waals surface area contributed by atoms with Crippen LogP contribution in [0.25, 0.3) is 0 Å². The first-order valence-electron chi connectivity index (χ1n) is 8.24. The van der Waals surface area contributed by atoms with Crippen molar-refractivity contribution < 1.29 is 19.8 Å². The Hall–Kier alpha value is -2.54. The van der Waals surface area contributed by atoms with Crippen LogP contribution in [0.15, 0.2) is 53.0 Å². The van der Waals surface area contributed by atoms with Crippen molar-refractivity contribution in [2.24, 2.45) is 5.92 Å². The molecular weight excluding hydrogens is 400 g/mol. The van der Waals surface area contributed by atoms with Crippen LogP contribution in [0.1, 0.15) is 12.0 Å². The highest BCUT2D eigenvalue weighted by molar-refractivity contribution is 9.10. The van der Waals surface area contributed by atoms with E-state index in [2.05, 4.69) is 15.9 Å². The molecule has 26 heavy (non-hydrogen) atoms. The molecule has 0 saturated carbocycles. The number of carbonyl (C=O) groups excluding carboxylic acids is 1. The topological polar surface area (TPSA) is 81.1 Å². The molecule has 1 aliphatic rings. The zero-order valence-corrected chi connectivity index (χ0v) is 15.6. The van der Waals surface area contributed by atoms with Gasteiger partial charge in [-0.05, 0) is 30.3 Å².